The van der Waals surface area contributed by atoms with E-state index >= 15 is 0 Å². The number of hydrogen-bond donors (Lipinski definition) is 0. The van der Waals surface area contributed by atoms with E-state index in [1.807, 2.05) is 0 Å². The predicted octanol–water partition coefficient (Wildman–Crippen LogP) is 6.40. The molecule has 0 nitrogen and oxygen atoms in total. The Balaban J connectivity index is 0.00000220. The average Bonchev–Trinajstić information content (AvgIpc) is 2.95. The Morgan fingerprint density at radius 2 is 1.09 bits per heavy atom. The summed E-state index contributed by atoms with van der Waals surface area (Å²) in [5.74, 6) is 0. The van der Waals surface area contributed by atoms with Gasteiger partial charge >= 0.3 is 131 Å². The fourth-order valence-corrected chi connectivity index (χ4v) is 7.32. The zero-order valence-electron chi connectivity index (χ0n) is 14.7. The molecule has 0 N–H and O–H groups in total. The van der Waals surface area contributed by atoms with Crippen LogP contribution in [0.4, 0.5) is 0 Å². The van der Waals surface area contributed by atoms with Crippen molar-refractivity contribution in [3.63, 3.8) is 0 Å². The van der Waals surface area contributed by atoms with Crippen LogP contribution in [0.25, 0.3) is 0 Å². The zero-order valence-corrected chi connectivity index (χ0v) is 17.9. The van der Waals surface area contributed by atoms with Gasteiger partial charge in [0.25, 0.3) is 0 Å². The number of halogens is 2. The molecule has 0 amide bonds. The third-order valence-electron chi connectivity index (χ3n) is 4.21. The second-order valence-corrected chi connectivity index (χ2v) is 11.4. The van der Waals surface area contributed by atoms with Crippen LogP contribution in [0.2, 0.25) is 0 Å². The van der Waals surface area contributed by atoms with Crippen LogP contribution in [-0.4, -0.2) is 4.82 Å². The molecule has 0 unspecified atom stereocenters. The third-order valence-corrected chi connectivity index (χ3v) is 7.96. The third kappa shape index (κ3) is 4.57. The number of hydrogen-bond acceptors (Lipinski definition) is 0. The van der Waals surface area contributed by atoms with Gasteiger partial charge in [0.05, 0.1) is 0 Å². The van der Waals surface area contributed by atoms with Crippen LogP contribution in [0.3, 0.4) is 0 Å². The first kappa shape index (κ1) is 22.1. The number of allylic oxidation sites excluding steroid dienone is 8. The van der Waals surface area contributed by atoms with E-state index < -0.39 is 17.4 Å². The molecule has 2 aliphatic carbocycles. The Labute approximate surface area is 155 Å². The molecule has 0 spiro atoms. The molecular weight excluding hydrogens is 347 g/mol. The summed E-state index contributed by atoms with van der Waals surface area (Å²) in [4.78, 5) is 4.70. The van der Waals surface area contributed by atoms with Crippen LogP contribution in [0.5, 0.6) is 0 Å². The van der Waals surface area contributed by atoms with Gasteiger partial charge in [0.2, 0.25) is 0 Å². The summed E-state index contributed by atoms with van der Waals surface area (Å²) in [6.45, 7) is 14.0. The normalized spacial score (nSPS) is 17.7. The van der Waals surface area contributed by atoms with Crippen molar-refractivity contribution < 1.29 is 17.4 Å². The van der Waals surface area contributed by atoms with Gasteiger partial charge < -0.3 is 0 Å². The van der Waals surface area contributed by atoms with Crippen LogP contribution in [0.1, 0.15) is 54.4 Å². The van der Waals surface area contributed by atoms with E-state index in [2.05, 4.69) is 65.8 Å². The molecule has 0 atom stereocenters. The fourth-order valence-electron chi connectivity index (χ4n) is 3.17. The topological polar surface area (TPSA) is 0 Å². The number of rotatable bonds is 2. The molecule has 22 heavy (non-hydrogen) atoms. The molecular formula is C19H30Cl2Ti. The van der Waals surface area contributed by atoms with Crippen LogP contribution in [0, 0.1) is 10.8 Å². The summed E-state index contributed by atoms with van der Waals surface area (Å²) >= 11 is -1.55. The quantitative estimate of drug-likeness (QED) is 0.489. The molecule has 2 rings (SSSR count). The van der Waals surface area contributed by atoms with Gasteiger partial charge in [-0.25, -0.2) is 0 Å². The molecule has 0 fully saturated rings. The molecule has 0 aromatic heterocycles. The summed E-state index contributed by atoms with van der Waals surface area (Å²) in [5.41, 5.74) is 3.64. The van der Waals surface area contributed by atoms with E-state index in [1.54, 1.807) is 18.9 Å². The van der Waals surface area contributed by atoms with Gasteiger partial charge in [-0.05, 0) is 0 Å². The summed E-state index contributed by atoms with van der Waals surface area (Å²) in [6, 6.07) is 0. The standard InChI is InChI=1S/2C9H13.CH2.2ClH.Ti/c2*1-9(2,3)8-6-4-5-7-8;;;;/h2*4,6H,5H2,1-3H3;1H2;2*1H;. The van der Waals surface area contributed by atoms with E-state index in [0.29, 0.717) is 0 Å². The van der Waals surface area contributed by atoms with Gasteiger partial charge in [0, 0.05) is 0 Å². The Kier molecular flexibility index (Phi) is 7.84. The van der Waals surface area contributed by atoms with Crippen LogP contribution in [0.15, 0.2) is 43.2 Å². The minimum atomic E-state index is -1.55. The monoisotopic (exact) mass is 376 g/mol. The van der Waals surface area contributed by atoms with Crippen molar-refractivity contribution in [3.8, 4) is 0 Å². The van der Waals surface area contributed by atoms with Gasteiger partial charge in [-0.1, -0.05) is 0 Å². The van der Waals surface area contributed by atoms with Crippen molar-refractivity contribution >= 4 is 29.6 Å². The maximum absolute atomic E-state index is 4.70. The van der Waals surface area contributed by atoms with E-state index in [1.165, 1.54) is 0 Å². The molecule has 0 aliphatic heterocycles. The average molecular weight is 377 g/mol. The van der Waals surface area contributed by atoms with E-state index in [-0.39, 0.29) is 35.6 Å². The summed E-state index contributed by atoms with van der Waals surface area (Å²) in [5, 5.41) is 0. The molecule has 3 heteroatoms. The first-order valence-corrected chi connectivity index (χ1v) is 10.3. The van der Waals surface area contributed by atoms with E-state index in [0.717, 1.165) is 12.8 Å². The van der Waals surface area contributed by atoms with E-state index in [4.69, 9.17) is 4.82 Å². The van der Waals surface area contributed by atoms with Gasteiger partial charge in [0.15, 0.2) is 0 Å². The van der Waals surface area contributed by atoms with Crippen molar-refractivity contribution in [1.82, 2.24) is 0 Å². The second-order valence-electron chi connectivity index (χ2n) is 7.98. The molecule has 2 aliphatic rings. The van der Waals surface area contributed by atoms with Gasteiger partial charge in [-0.3, -0.25) is 0 Å². The molecule has 0 saturated heterocycles. The van der Waals surface area contributed by atoms with Crippen LogP contribution < -0.4 is 0 Å². The first-order chi connectivity index (χ1) is 9.12. The minimum absolute atomic E-state index is 0. The predicted molar refractivity (Wildman–Crippen MR) is 102 cm³/mol. The summed E-state index contributed by atoms with van der Waals surface area (Å²) in [6.07, 6.45) is 11.7. The van der Waals surface area contributed by atoms with Crippen molar-refractivity contribution in [2.24, 2.45) is 10.8 Å². The second kappa shape index (κ2) is 7.80. The summed E-state index contributed by atoms with van der Waals surface area (Å²) in [7, 11) is 0. The van der Waals surface area contributed by atoms with E-state index in [9.17, 15) is 0 Å². The van der Waals surface area contributed by atoms with Gasteiger partial charge in [-0.2, -0.15) is 0 Å². The first-order valence-electron chi connectivity index (χ1n) is 7.62. The SMILES string of the molecule is Cl.Cl.[CH2]=[Ti]([C]1=C(C(C)(C)C)C=CC1)[C]1=C(C(C)(C)C)C=CC1. The molecule has 0 radical (unpaired) electrons. The van der Waals surface area contributed by atoms with Gasteiger partial charge in [0.1, 0.15) is 0 Å². The Morgan fingerprint density at radius 3 is 1.36 bits per heavy atom. The van der Waals surface area contributed by atoms with Crippen molar-refractivity contribution in [1.29, 1.82) is 0 Å². The molecule has 0 aromatic carbocycles. The fraction of sp³-hybridized carbons (Fsp3) is 0.526. The van der Waals surface area contributed by atoms with Crippen molar-refractivity contribution in [3.05, 3.63) is 43.2 Å². The molecule has 0 aromatic rings. The Morgan fingerprint density at radius 1 is 0.773 bits per heavy atom. The van der Waals surface area contributed by atoms with Gasteiger partial charge in [-0.15, -0.1) is 24.8 Å². The van der Waals surface area contributed by atoms with Crippen LogP contribution in [-0.2, 0) is 17.4 Å². The molecule has 0 heterocycles. The van der Waals surface area contributed by atoms with Crippen molar-refractivity contribution in [2.45, 2.75) is 54.4 Å². The summed E-state index contributed by atoms with van der Waals surface area (Å²) < 4.78 is 3.39. The maximum atomic E-state index is 4.70. The zero-order chi connectivity index (χ0) is 15.1. The van der Waals surface area contributed by atoms with Crippen LogP contribution >= 0.6 is 24.8 Å². The Bertz CT molecular complexity index is 511. The molecule has 124 valence electrons. The molecule has 0 bridgehead atoms. The van der Waals surface area contributed by atoms with Crippen molar-refractivity contribution in [2.75, 3.05) is 0 Å². The Hall–Kier alpha value is 0.124. The molecule has 0 saturated carbocycles.